The number of benzene rings is 1. The molecule has 0 saturated heterocycles. The molecule has 1 unspecified atom stereocenters. The summed E-state index contributed by atoms with van der Waals surface area (Å²) in [5.41, 5.74) is 1.99. The Bertz CT molecular complexity index is 833. The van der Waals surface area contributed by atoms with Crippen molar-refractivity contribution < 1.29 is 9.53 Å². The standard InChI is InChI=1S/C20H22N4O2/c1-3-19(17-11-7-8-12-21-17)24(2)20(25)18-13-15(22-23-18)14-26-16-9-5-4-6-10-16/h4-13,19H,3,14H2,1-2H3,(H,22,23). The topological polar surface area (TPSA) is 71.1 Å². The van der Waals surface area contributed by atoms with Crippen LogP contribution < -0.4 is 4.74 Å². The van der Waals surface area contributed by atoms with Crippen LogP contribution in [0.4, 0.5) is 0 Å². The van der Waals surface area contributed by atoms with Gasteiger partial charge in [-0.2, -0.15) is 5.10 Å². The summed E-state index contributed by atoms with van der Waals surface area (Å²) in [6.45, 7) is 2.36. The molecule has 2 heterocycles. The number of rotatable bonds is 7. The molecule has 0 radical (unpaired) electrons. The van der Waals surface area contributed by atoms with Gasteiger partial charge >= 0.3 is 0 Å². The van der Waals surface area contributed by atoms with E-state index in [4.69, 9.17) is 4.74 Å². The van der Waals surface area contributed by atoms with Gasteiger partial charge in [0.15, 0.2) is 5.69 Å². The van der Waals surface area contributed by atoms with Crippen molar-refractivity contribution >= 4 is 5.91 Å². The number of aromatic nitrogens is 3. The second-order valence-electron chi connectivity index (χ2n) is 5.97. The van der Waals surface area contributed by atoms with Crippen LogP contribution >= 0.6 is 0 Å². The van der Waals surface area contributed by atoms with E-state index in [1.165, 1.54) is 0 Å². The van der Waals surface area contributed by atoms with Crippen LogP contribution in [0.3, 0.4) is 0 Å². The first-order valence-electron chi connectivity index (χ1n) is 8.59. The van der Waals surface area contributed by atoms with Gasteiger partial charge < -0.3 is 9.64 Å². The SMILES string of the molecule is CCC(c1ccccn1)N(C)C(=O)c1cc(COc2ccccc2)[nH]n1. The number of nitrogens with one attached hydrogen (secondary N) is 1. The Hall–Kier alpha value is -3.15. The Morgan fingerprint density at radius 3 is 2.65 bits per heavy atom. The lowest BCUT2D eigenvalue weighted by Crippen LogP contribution is -2.31. The van der Waals surface area contributed by atoms with Crippen LogP contribution in [0.1, 0.15) is 41.3 Å². The number of hydrogen-bond acceptors (Lipinski definition) is 4. The molecule has 6 nitrogen and oxygen atoms in total. The largest absolute Gasteiger partial charge is 0.487 e. The number of amides is 1. The third-order valence-electron chi connectivity index (χ3n) is 4.19. The molecule has 0 aliphatic heterocycles. The van der Waals surface area contributed by atoms with Gasteiger partial charge in [0.05, 0.1) is 17.4 Å². The van der Waals surface area contributed by atoms with Gasteiger partial charge in [0.1, 0.15) is 12.4 Å². The number of para-hydroxylation sites is 1. The molecular weight excluding hydrogens is 328 g/mol. The van der Waals surface area contributed by atoms with Gasteiger partial charge in [0.25, 0.3) is 5.91 Å². The van der Waals surface area contributed by atoms with Crippen molar-refractivity contribution in [3.05, 3.63) is 77.9 Å². The number of H-pyrrole nitrogens is 1. The predicted molar refractivity (Wildman–Crippen MR) is 98.7 cm³/mol. The van der Waals surface area contributed by atoms with Crippen LogP contribution in [0.15, 0.2) is 60.8 Å². The van der Waals surface area contributed by atoms with Gasteiger partial charge in [-0.25, -0.2) is 0 Å². The second-order valence-corrected chi connectivity index (χ2v) is 5.97. The molecule has 0 bridgehead atoms. The highest BCUT2D eigenvalue weighted by atomic mass is 16.5. The van der Waals surface area contributed by atoms with Crippen molar-refractivity contribution in [1.82, 2.24) is 20.1 Å². The van der Waals surface area contributed by atoms with E-state index in [2.05, 4.69) is 15.2 Å². The van der Waals surface area contributed by atoms with Crippen LogP contribution in [0, 0.1) is 0 Å². The Kier molecular flexibility index (Phi) is 5.63. The van der Waals surface area contributed by atoms with Gasteiger partial charge in [0, 0.05) is 13.2 Å². The third kappa shape index (κ3) is 4.08. The van der Waals surface area contributed by atoms with E-state index in [1.807, 2.05) is 55.5 Å². The molecule has 1 atom stereocenters. The Morgan fingerprint density at radius 1 is 1.19 bits per heavy atom. The predicted octanol–water partition coefficient (Wildman–Crippen LogP) is 3.61. The number of nitrogens with zero attached hydrogens (tertiary/aromatic N) is 3. The first-order chi connectivity index (χ1) is 12.7. The molecule has 0 aliphatic carbocycles. The highest BCUT2D eigenvalue weighted by molar-refractivity contribution is 5.92. The Balaban J connectivity index is 1.67. The summed E-state index contributed by atoms with van der Waals surface area (Å²) in [6, 6.07) is 16.9. The lowest BCUT2D eigenvalue weighted by Gasteiger charge is -2.26. The van der Waals surface area contributed by atoms with E-state index in [-0.39, 0.29) is 11.9 Å². The highest BCUT2D eigenvalue weighted by Gasteiger charge is 2.24. The molecule has 0 fully saturated rings. The minimum Gasteiger partial charge on any atom is -0.487 e. The fraction of sp³-hybridized carbons (Fsp3) is 0.250. The van der Waals surface area contributed by atoms with Crippen LogP contribution in [0.25, 0.3) is 0 Å². The number of ether oxygens (including phenoxy) is 1. The zero-order valence-corrected chi connectivity index (χ0v) is 14.9. The first-order valence-corrected chi connectivity index (χ1v) is 8.59. The Morgan fingerprint density at radius 2 is 1.96 bits per heavy atom. The normalized spacial score (nSPS) is 11.8. The van der Waals surface area contributed by atoms with E-state index in [1.54, 1.807) is 24.2 Å². The molecule has 26 heavy (non-hydrogen) atoms. The summed E-state index contributed by atoms with van der Waals surface area (Å²) >= 11 is 0. The van der Waals surface area contributed by atoms with Crippen LogP contribution in [-0.2, 0) is 6.61 Å². The van der Waals surface area contributed by atoms with Crippen molar-refractivity contribution in [3.63, 3.8) is 0 Å². The maximum Gasteiger partial charge on any atom is 0.274 e. The molecule has 0 aliphatic rings. The molecule has 2 aromatic heterocycles. The van der Waals surface area contributed by atoms with E-state index in [0.717, 1.165) is 23.6 Å². The molecule has 3 aromatic rings. The summed E-state index contributed by atoms with van der Waals surface area (Å²) in [6.07, 6.45) is 2.51. The van der Waals surface area contributed by atoms with Crippen molar-refractivity contribution in [3.8, 4) is 5.75 Å². The quantitative estimate of drug-likeness (QED) is 0.707. The second kappa shape index (κ2) is 8.29. The molecular formula is C20H22N4O2. The number of carbonyl (C=O) groups excluding carboxylic acids is 1. The van der Waals surface area contributed by atoms with E-state index < -0.39 is 0 Å². The highest BCUT2D eigenvalue weighted by Crippen LogP contribution is 2.22. The molecule has 1 amide bonds. The fourth-order valence-corrected chi connectivity index (χ4v) is 2.80. The van der Waals surface area contributed by atoms with E-state index in [0.29, 0.717) is 12.3 Å². The summed E-state index contributed by atoms with van der Waals surface area (Å²) in [4.78, 5) is 18.8. The van der Waals surface area contributed by atoms with Crippen LogP contribution in [0.5, 0.6) is 5.75 Å². The minimum absolute atomic E-state index is 0.0931. The van der Waals surface area contributed by atoms with Gasteiger partial charge in [-0.3, -0.25) is 14.9 Å². The zero-order chi connectivity index (χ0) is 18.4. The molecule has 6 heteroatoms. The maximum absolute atomic E-state index is 12.8. The van der Waals surface area contributed by atoms with E-state index in [9.17, 15) is 4.79 Å². The molecule has 0 saturated carbocycles. The number of aromatic amines is 1. The third-order valence-corrected chi connectivity index (χ3v) is 4.19. The molecule has 1 N–H and O–H groups in total. The molecule has 1 aromatic carbocycles. The smallest absolute Gasteiger partial charge is 0.274 e. The summed E-state index contributed by atoms with van der Waals surface area (Å²) in [5, 5.41) is 7.01. The number of carbonyl (C=O) groups is 1. The zero-order valence-electron chi connectivity index (χ0n) is 14.9. The number of pyridine rings is 1. The van der Waals surface area contributed by atoms with Crippen LogP contribution in [0.2, 0.25) is 0 Å². The van der Waals surface area contributed by atoms with Crippen molar-refractivity contribution in [2.45, 2.75) is 26.0 Å². The average Bonchev–Trinajstić information content (AvgIpc) is 3.17. The monoisotopic (exact) mass is 350 g/mol. The van der Waals surface area contributed by atoms with Crippen molar-refractivity contribution in [2.24, 2.45) is 0 Å². The fourth-order valence-electron chi connectivity index (χ4n) is 2.80. The van der Waals surface area contributed by atoms with E-state index >= 15 is 0 Å². The van der Waals surface area contributed by atoms with Gasteiger partial charge in [-0.1, -0.05) is 31.2 Å². The minimum atomic E-state index is -0.148. The van der Waals surface area contributed by atoms with Gasteiger partial charge in [-0.05, 0) is 36.8 Å². The number of hydrogen-bond donors (Lipinski definition) is 1. The first kappa shape index (κ1) is 17.7. The van der Waals surface area contributed by atoms with Gasteiger partial charge in [0.2, 0.25) is 0 Å². The lowest BCUT2D eigenvalue weighted by molar-refractivity contribution is 0.0716. The van der Waals surface area contributed by atoms with Crippen molar-refractivity contribution in [2.75, 3.05) is 7.05 Å². The van der Waals surface area contributed by atoms with Crippen LogP contribution in [-0.4, -0.2) is 33.0 Å². The molecule has 0 spiro atoms. The Labute approximate surface area is 152 Å². The lowest BCUT2D eigenvalue weighted by atomic mass is 10.1. The average molecular weight is 350 g/mol. The molecule has 134 valence electrons. The summed E-state index contributed by atoms with van der Waals surface area (Å²) in [5.74, 6) is 0.623. The maximum atomic E-state index is 12.8. The summed E-state index contributed by atoms with van der Waals surface area (Å²) < 4.78 is 5.68. The summed E-state index contributed by atoms with van der Waals surface area (Å²) in [7, 11) is 1.78. The van der Waals surface area contributed by atoms with Crippen molar-refractivity contribution in [1.29, 1.82) is 0 Å². The molecule has 3 rings (SSSR count). The van der Waals surface area contributed by atoms with Gasteiger partial charge in [-0.15, -0.1) is 0 Å².